The number of anilines is 1. The number of amides is 2. The minimum atomic E-state index is -0.104. The summed E-state index contributed by atoms with van der Waals surface area (Å²) in [6.07, 6.45) is 6.58. The Morgan fingerprint density at radius 1 is 1.11 bits per heavy atom. The van der Waals surface area contributed by atoms with Gasteiger partial charge >= 0.3 is 0 Å². The molecular weight excluding hydrogens is 518 g/mol. The molecule has 0 bridgehead atoms. The van der Waals surface area contributed by atoms with Crippen LogP contribution in [0.15, 0.2) is 30.5 Å². The maximum absolute atomic E-state index is 12.2. The third-order valence-electron chi connectivity index (χ3n) is 8.50. The van der Waals surface area contributed by atoms with E-state index in [-0.39, 0.29) is 17.2 Å². The number of carbonyl (C=O) groups excluding carboxylic acids is 2. The molecule has 7 rings (SSSR count). The fourth-order valence-electron chi connectivity index (χ4n) is 6.29. The molecule has 2 saturated heterocycles. The van der Waals surface area contributed by atoms with Crippen LogP contribution in [0.5, 0.6) is 0 Å². The lowest BCUT2D eigenvalue weighted by Crippen LogP contribution is -2.61. The maximum atomic E-state index is 12.2. The van der Waals surface area contributed by atoms with Crippen molar-refractivity contribution in [1.82, 2.24) is 14.8 Å². The summed E-state index contributed by atoms with van der Waals surface area (Å²) in [5.41, 5.74) is 5.53. The highest BCUT2D eigenvalue weighted by Gasteiger charge is 2.47. The number of likely N-dealkylation sites (tertiary alicyclic amines) is 2. The topological polar surface area (TPSA) is 80.5 Å². The number of hydrogen-bond acceptors (Lipinski definition) is 7. The van der Waals surface area contributed by atoms with E-state index in [0.29, 0.717) is 25.4 Å². The second-order valence-corrected chi connectivity index (χ2v) is 12.7. The van der Waals surface area contributed by atoms with Gasteiger partial charge in [-0.15, -0.1) is 11.3 Å². The number of fused-ring (bicyclic) bond motifs is 2. The van der Waals surface area contributed by atoms with E-state index in [0.717, 1.165) is 83.1 Å². The average Bonchev–Trinajstić information content (AvgIpc) is 3.44. The predicted molar refractivity (Wildman–Crippen MR) is 148 cm³/mol. The Morgan fingerprint density at radius 2 is 1.89 bits per heavy atom. The van der Waals surface area contributed by atoms with Gasteiger partial charge < -0.3 is 4.90 Å². The van der Waals surface area contributed by atoms with Crippen molar-refractivity contribution in [3.8, 4) is 17.2 Å². The van der Waals surface area contributed by atoms with Crippen molar-refractivity contribution in [2.24, 2.45) is 5.41 Å². The summed E-state index contributed by atoms with van der Waals surface area (Å²) in [5.74, 6) is -0.200. The van der Waals surface area contributed by atoms with Crippen molar-refractivity contribution in [3.63, 3.8) is 0 Å². The number of aromatic nitrogens is 1. The molecule has 0 spiro atoms. The number of pyridine rings is 1. The molecule has 1 aromatic carbocycles. The predicted octanol–water partition coefficient (Wildman–Crippen LogP) is 5.01. The Labute approximate surface area is 230 Å². The van der Waals surface area contributed by atoms with Crippen molar-refractivity contribution in [3.05, 3.63) is 45.9 Å². The summed E-state index contributed by atoms with van der Waals surface area (Å²) in [6, 6.07) is 11.2. The van der Waals surface area contributed by atoms with Gasteiger partial charge in [0.1, 0.15) is 0 Å². The minimum Gasteiger partial charge on any atom is -0.365 e. The molecule has 0 radical (unpaired) electrons. The highest BCUT2D eigenvalue weighted by molar-refractivity contribution is 7.19. The highest BCUT2D eigenvalue weighted by atomic mass is 35.5. The van der Waals surface area contributed by atoms with Crippen molar-refractivity contribution in [2.45, 2.75) is 51.1 Å². The van der Waals surface area contributed by atoms with Crippen LogP contribution in [0, 0.1) is 16.7 Å². The van der Waals surface area contributed by atoms with Gasteiger partial charge in [0.15, 0.2) is 0 Å². The average molecular weight is 546 g/mol. The van der Waals surface area contributed by atoms with Gasteiger partial charge in [0.05, 0.1) is 34.3 Å². The molecule has 3 aliphatic heterocycles. The molecule has 0 atom stereocenters. The number of rotatable bonds is 6. The SMILES string of the molecule is N#CC1(CN2CC(N3CCCc4cc(Cl)cc(-c5ccnc6cc(CN7C(=O)CCC7=O)sc56)c43)C2)CC1. The smallest absolute Gasteiger partial charge is 0.230 e. The summed E-state index contributed by atoms with van der Waals surface area (Å²) in [4.78, 5) is 36.3. The first-order valence-corrected chi connectivity index (χ1v) is 14.6. The Bertz CT molecular complexity index is 1500. The number of carbonyl (C=O) groups is 2. The van der Waals surface area contributed by atoms with E-state index in [1.165, 1.54) is 16.2 Å². The number of imide groups is 1. The zero-order valence-corrected chi connectivity index (χ0v) is 22.7. The van der Waals surface area contributed by atoms with Crippen LogP contribution in [0.25, 0.3) is 21.3 Å². The van der Waals surface area contributed by atoms with Crippen molar-refractivity contribution >= 4 is 50.7 Å². The standard InChI is InChI=1S/C29H28ClN5O2S/c30-19-10-18-2-1-9-34(20-13-33(14-20)17-29(16-31)6-7-29)27(18)23(11-19)22-5-8-32-24-12-21(38-28(22)24)15-35-25(36)3-4-26(35)37/h5,8,10-12,20H,1-4,6-7,9,13-15,17H2. The van der Waals surface area contributed by atoms with Crippen LogP contribution in [-0.2, 0) is 22.6 Å². The summed E-state index contributed by atoms with van der Waals surface area (Å²) >= 11 is 8.28. The zero-order valence-electron chi connectivity index (χ0n) is 21.1. The fourth-order valence-corrected chi connectivity index (χ4v) is 7.66. The molecule has 2 aromatic heterocycles. The second-order valence-electron chi connectivity index (χ2n) is 11.2. The molecule has 0 unspecified atom stereocenters. The number of benzene rings is 1. The number of halogens is 1. The van der Waals surface area contributed by atoms with Gasteiger partial charge in [-0.2, -0.15) is 5.26 Å². The van der Waals surface area contributed by atoms with E-state index < -0.39 is 0 Å². The fraction of sp³-hybridized carbons (Fsp3) is 0.448. The molecule has 9 heteroatoms. The molecule has 0 N–H and O–H groups in total. The number of nitriles is 1. The lowest BCUT2D eigenvalue weighted by molar-refractivity contribution is -0.138. The first-order valence-electron chi connectivity index (χ1n) is 13.4. The van der Waals surface area contributed by atoms with Gasteiger partial charge in [-0.25, -0.2) is 0 Å². The Hall–Kier alpha value is -2.99. The molecule has 194 valence electrons. The van der Waals surface area contributed by atoms with E-state index in [9.17, 15) is 14.9 Å². The Morgan fingerprint density at radius 3 is 2.63 bits per heavy atom. The van der Waals surface area contributed by atoms with E-state index in [1.54, 1.807) is 11.3 Å². The third kappa shape index (κ3) is 4.08. The Balaban J connectivity index is 1.23. The summed E-state index contributed by atoms with van der Waals surface area (Å²) in [6.45, 7) is 4.17. The molecule has 7 nitrogen and oxygen atoms in total. The molecule has 2 amide bonds. The molecular formula is C29H28ClN5O2S. The molecule has 3 fully saturated rings. The second kappa shape index (κ2) is 9.04. The van der Waals surface area contributed by atoms with Crippen LogP contribution >= 0.6 is 22.9 Å². The first-order chi connectivity index (χ1) is 18.4. The number of aryl methyl sites for hydroxylation is 1. The lowest BCUT2D eigenvalue weighted by Gasteiger charge is -2.49. The molecule has 3 aromatic rings. The van der Waals surface area contributed by atoms with E-state index in [4.69, 9.17) is 11.6 Å². The van der Waals surface area contributed by atoms with Crippen LogP contribution in [-0.4, -0.2) is 58.8 Å². The summed E-state index contributed by atoms with van der Waals surface area (Å²) < 4.78 is 1.05. The zero-order chi connectivity index (χ0) is 26.0. The van der Waals surface area contributed by atoms with E-state index >= 15 is 0 Å². The molecule has 5 heterocycles. The number of hydrogen-bond donors (Lipinski definition) is 0. The molecule has 1 saturated carbocycles. The van der Waals surface area contributed by atoms with E-state index in [1.807, 2.05) is 12.3 Å². The van der Waals surface area contributed by atoms with Gasteiger partial charge in [-0.05, 0) is 55.5 Å². The normalized spacial score (nSPS) is 21.1. The number of nitrogens with zero attached hydrogens (tertiary/aromatic N) is 5. The molecule has 1 aliphatic carbocycles. The van der Waals surface area contributed by atoms with E-state index in [2.05, 4.69) is 39.1 Å². The van der Waals surface area contributed by atoms with Crippen LogP contribution in [0.1, 0.15) is 42.5 Å². The van der Waals surface area contributed by atoms with Crippen molar-refractivity contribution in [2.75, 3.05) is 31.1 Å². The van der Waals surface area contributed by atoms with Gasteiger partial charge in [-0.1, -0.05) is 11.6 Å². The number of thiophene rings is 1. The van der Waals surface area contributed by atoms with Gasteiger partial charge in [0.25, 0.3) is 0 Å². The first kappa shape index (κ1) is 24.1. The van der Waals surface area contributed by atoms with Gasteiger partial charge in [0, 0.05) is 71.9 Å². The monoisotopic (exact) mass is 545 g/mol. The quantitative estimate of drug-likeness (QED) is 0.405. The van der Waals surface area contributed by atoms with Crippen molar-refractivity contribution < 1.29 is 9.59 Å². The third-order valence-corrected chi connectivity index (χ3v) is 9.86. The van der Waals surface area contributed by atoms with Gasteiger partial charge in [0.2, 0.25) is 11.8 Å². The largest absolute Gasteiger partial charge is 0.365 e. The minimum absolute atomic E-state index is 0.0999. The van der Waals surface area contributed by atoms with Gasteiger partial charge in [-0.3, -0.25) is 24.4 Å². The molecule has 38 heavy (non-hydrogen) atoms. The lowest BCUT2D eigenvalue weighted by atomic mass is 9.91. The summed E-state index contributed by atoms with van der Waals surface area (Å²) in [5, 5.41) is 10.2. The van der Waals surface area contributed by atoms with Crippen LogP contribution < -0.4 is 4.90 Å². The van der Waals surface area contributed by atoms with Crippen LogP contribution in [0.2, 0.25) is 5.02 Å². The molecule has 4 aliphatic rings. The highest BCUT2D eigenvalue weighted by Crippen LogP contribution is 2.48. The van der Waals surface area contributed by atoms with Crippen molar-refractivity contribution in [1.29, 1.82) is 5.26 Å². The van der Waals surface area contributed by atoms with Crippen LogP contribution in [0.3, 0.4) is 0 Å². The maximum Gasteiger partial charge on any atom is 0.230 e. The summed E-state index contributed by atoms with van der Waals surface area (Å²) in [7, 11) is 0. The Kier molecular flexibility index (Phi) is 5.73. The van der Waals surface area contributed by atoms with Crippen LogP contribution in [0.4, 0.5) is 5.69 Å².